The molecular formula is C18H19BrN4O3. The molecule has 136 valence electrons. The van der Waals surface area contributed by atoms with Crippen LogP contribution in [0.3, 0.4) is 0 Å². The Kier molecular flexibility index (Phi) is 4.44. The second-order valence-electron chi connectivity index (χ2n) is 6.73. The molecule has 7 nitrogen and oxygen atoms in total. The quantitative estimate of drug-likeness (QED) is 0.809. The highest BCUT2D eigenvalue weighted by Gasteiger charge is 2.28. The van der Waals surface area contributed by atoms with Crippen LogP contribution in [0.1, 0.15) is 18.4 Å². The molecule has 0 saturated heterocycles. The molecule has 0 atom stereocenters. The summed E-state index contributed by atoms with van der Waals surface area (Å²) in [6.45, 7) is 2.59. The Morgan fingerprint density at radius 3 is 3.00 bits per heavy atom. The zero-order valence-electron chi connectivity index (χ0n) is 14.4. The van der Waals surface area contributed by atoms with Crippen LogP contribution >= 0.6 is 15.9 Å². The molecule has 1 fully saturated rings. The van der Waals surface area contributed by atoms with Gasteiger partial charge in [-0.1, -0.05) is 15.9 Å². The lowest BCUT2D eigenvalue weighted by molar-refractivity contribution is -0.123. The minimum absolute atomic E-state index is 0.0646. The second kappa shape index (κ2) is 6.75. The van der Waals surface area contributed by atoms with Crippen LogP contribution in [0.4, 0.5) is 11.5 Å². The smallest absolute Gasteiger partial charge is 0.265 e. The Hall–Kier alpha value is -2.35. The summed E-state index contributed by atoms with van der Waals surface area (Å²) in [5.41, 5.74) is 1.51. The maximum Gasteiger partial charge on any atom is 0.265 e. The van der Waals surface area contributed by atoms with Gasteiger partial charge in [-0.05, 0) is 43.9 Å². The summed E-state index contributed by atoms with van der Waals surface area (Å²) in [6.07, 6.45) is 4.17. The largest absolute Gasteiger partial charge is 0.482 e. The third kappa shape index (κ3) is 3.46. The van der Waals surface area contributed by atoms with Crippen molar-refractivity contribution in [1.82, 2.24) is 9.78 Å². The van der Waals surface area contributed by atoms with E-state index in [0.717, 1.165) is 16.6 Å². The number of ether oxygens (including phenoxy) is 1. The predicted octanol–water partition coefficient (Wildman–Crippen LogP) is 2.73. The Labute approximate surface area is 159 Å². The molecule has 1 aromatic carbocycles. The number of benzene rings is 1. The van der Waals surface area contributed by atoms with Crippen LogP contribution in [0.5, 0.6) is 5.75 Å². The highest BCUT2D eigenvalue weighted by Crippen LogP contribution is 2.34. The van der Waals surface area contributed by atoms with Gasteiger partial charge in [0.2, 0.25) is 5.91 Å². The summed E-state index contributed by atoms with van der Waals surface area (Å²) in [4.78, 5) is 26.3. The topological polar surface area (TPSA) is 76.5 Å². The van der Waals surface area contributed by atoms with Gasteiger partial charge in [-0.2, -0.15) is 5.10 Å². The zero-order valence-corrected chi connectivity index (χ0v) is 16.0. The maximum atomic E-state index is 12.6. The molecule has 0 unspecified atom stereocenters. The van der Waals surface area contributed by atoms with Gasteiger partial charge in [-0.25, -0.2) is 4.68 Å². The lowest BCUT2D eigenvalue weighted by Gasteiger charge is -2.29. The summed E-state index contributed by atoms with van der Waals surface area (Å²) in [5, 5.41) is 7.27. The van der Waals surface area contributed by atoms with Crippen LogP contribution in [-0.2, 0) is 16.1 Å². The van der Waals surface area contributed by atoms with Gasteiger partial charge >= 0.3 is 0 Å². The number of nitrogens with zero attached hydrogens (tertiary/aromatic N) is 3. The number of hydrogen-bond acceptors (Lipinski definition) is 4. The van der Waals surface area contributed by atoms with E-state index in [9.17, 15) is 9.59 Å². The number of aryl methyl sites for hydroxylation is 1. The van der Waals surface area contributed by atoms with Crippen LogP contribution in [0.15, 0.2) is 28.9 Å². The van der Waals surface area contributed by atoms with E-state index in [4.69, 9.17) is 4.74 Å². The number of carbonyl (C=O) groups is 2. The number of rotatable bonds is 5. The first-order chi connectivity index (χ1) is 12.5. The average Bonchev–Trinajstić information content (AvgIpc) is 3.36. The van der Waals surface area contributed by atoms with E-state index in [1.54, 1.807) is 18.3 Å². The van der Waals surface area contributed by atoms with Gasteiger partial charge in [-0.3, -0.25) is 14.5 Å². The number of nitrogens with one attached hydrogen (secondary N) is 1. The van der Waals surface area contributed by atoms with Gasteiger partial charge in [-0.15, -0.1) is 0 Å². The molecule has 0 spiro atoms. The van der Waals surface area contributed by atoms with Crippen molar-refractivity contribution in [3.8, 4) is 5.75 Å². The number of fused-ring (bicyclic) bond motifs is 1. The van der Waals surface area contributed by atoms with E-state index in [1.165, 1.54) is 17.7 Å². The average molecular weight is 419 g/mol. The van der Waals surface area contributed by atoms with Crippen LogP contribution in [0, 0.1) is 12.8 Å². The molecule has 1 saturated carbocycles. The SMILES string of the molecule is Cc1cnn(CC2CC2)c1NC(=O)CN1C(=O)COc2cc(Br)ccc21. The lowest BCUT2D eigenvalue weighted by atomic mass is 10.2. The molecule has 4 rings (SSSR count). The van der Waals surface area contributed by atoms with Crippen molar-refractivity contribution in [2.75, 3.05) is 23.4 Å². The number of halogens is 1. The monoisotopic (exact) mass is 418 g/mol. The molecule has 1 aliphatic heterocycles. The number of hydrogen-bond donors (Lipinski definition) is 1. The van der Waals surface area contributed by atoms with Gasteiger partial charge < -0.3 is 10.1 Å². The highest BCUT2D eigenvalue weighted by molar-refractivity contribution is 9.10. The predicted molar refractivity (Wildman–Crippen MR) is 100 cm³/mol. The molecule has 2 aromatic rings. The van der Waals surface area contributed by atoms with Crippen molar-refractivity contribution >= 4 is 39.2 Å². The van der Waals surface area contributed by atoms with E-state index < -0.39 is 0 Å². The van der Waals surface area contributed by atoms with Crippen molar-refractivity contribution in [1.29, 1.82) is 0 Å². The maximum absolute atomic E-state index is 12.6. The molecular weight excluding hydrogens is 400 g/mol. The molecule has 8 heteroatoms. The number of carbonyl (C=O) groups excluding carboxylic acids is 2. The molecule has 2 amide bonds. The number of anilines is 2. The van der Waals surface area contributed by atoms with E-state index in [0.29, 0.717) is 23.2 Å². The fraction of sp³-hybridized carbons (Fsp3) is 0.389. The number of amides is 2. The Morgan fingerprint density at radius 1 is 1.42 bits per heavy atom. The molecule has 2 aliphatic rings. The summed E-state index contributed by atoms with van der Waals surface area (Å²) >= 11 is 3.38. The van der Waals surface area contributed by atoms with Crippen LogP contribution in [0.2, 0.25) is 0 Å². The van der Waals surface area contributed by atoms with Gasteiger partial charge in [0.15, 0.2) is 6.61 Å². The van der Waals surface area contributed by atoms with Crippen molar-refractivity contribution in [3.05, 3.63) is 34.4 Å². The molecule has 1 aliphatic carbocycles. The molecule has 0 bridgehead atoms. The Balaban J connectivity index is 1.50. The molecule has 1 N–H and O–H groups in total. The summed E-state index contributed by atoms with van der Waals surface area (Å²) in [5.74, 6) is 1.45. The Bertz CT molecular complexity index is 875. The van der Waals surface area contributed by atoms with Crippen LogP contribution in [-0.4, -0.2) is 34.7 Å². The normalized spacial score (nSPS) is 16.2. The summed E-state index contributed by atoms with van der Waals surface area (Å²) in [7, 11) is 0. The standard InChI is InChI=1S/C18H19BrN4O3/c1-11-7-20-23(8-12-2-3-12)18(11)21-16(24)9-22-14-5-4-13(19)6-15(14)26-10-17(22)25/h4-7,12H,2-3,8-10H2,1H3,(H,21,24). The van der Waals surface area contributed by atoms with Crippen molar-refractivity contribution < 1.29 is 14.3 Å². The first-order valence-corrected chi connectivity index (χ1v) is 9.35. The van der Waals surface area contributed by atoms with Crippen molar-refractivity contribution in [2.24, 2.45) is 5.92 Å². The third-order valence-electron chi connectivity index (χ3n) is 4.57. The van der Waals surface area contributed by atoms with E-state index in [-0.39, 0.29) is 25.0 Å². The zero-order chi connectivity index (χ0) is 18.3. The van der Waals surface area contributed by atoms with Gasteiger partial charge in [0, 0.05) is 16.6 Å². The fourth-order valence-electron chi connectivity index (χ4n) is 2.99. The first kappa shape index (κ1) is 17.1. The van der Waals surface area contributed by atoms with E-state index >= 15 is 0 Å². The van der Waals surface area contributed by atoms with Gasteiger partial charge in [0.25, 0.3) is 5.91 Å². The molecule has 2 heterocycles. The highest BCUT2D eigenvalue weighted by atomic mass is 79.9. The molecule has 1 aromatic heterocycles. The van der Waals surface area contributed by atoms with E-state index in [2.05, 4.69) is 26.3 Å². The first-order valence-electron chi connectivity index (χ1n) is 8.56. The third-order valence-corrected chi connectivity index (χ3v) is 5.07. The van der Waals surface area contributed by atoms with Gasteiger partial charge in [0.1, 0.15) is 18.1 Å². The summed E-state index contributed by atoms with van der Waals surface area (Å²) < 4.78 is 8.16. The molecule has 0 radical (unpaired) electrons. The molecule has 26 heavy (non-hydrogen) atoms. The lowest BCUT2D eigenvalue weighted by Crippen LogP contribution is -2.43. The summed E-state index contributed by atoms with van der Waals surface area (Å²) in [6, 6.07) is 5.38. The minimum Gasteiger partial charge on any atom is -0.482 e. The fourth-order valence-corrected chi connectivity index (χ4v) is 3.33. The van der Waals surface area contributed by atoms with Crippen molar-refractivity contribution in [3.63, 3.8) is 0 Å². The van der Waals surface area contributed by atoms with Gasteiger partial charge in [0.05, 0.1) is 11.9 Å². The van der Waals surface area contributed by atoms with Crippen LogP contribution in [0.25, 0.3) is 0 Å². The second-order valence-corrected chi connectivity index (χ2v) is 7.65. The Morgan fingerprint density at radius 2 is 2.23 bits per heavy atom. The van der Waals surface area contributed by atoms with Crippen LogP contribution < -0.4 is 15.0 Å². The van der Waals surface area contributed by atoms with Crippen molar-refractivity contribution in [2.45, 2.75) is 26.3 Å². The number of aromatic nitrogens is 2. The van der Waals surface area contributed by atoms with E-state index in [1.807, 2.05) is 17.7 Å². The minimum atomic E-state index is -0.255.